The number of ketones is 1. The van der Waals surface area contributed by atoms with Gasteiger partial charge in [0.05, 0.1) is 0 Å². The first-order valence-corrected chi connectivity index (χ1v) is 8.85. The summed E-state index contributed by atoms with van der Waals surface area (Å²) in [4.78, 5) is 13.3. The summed E-state index contributed by atoms with van der Waals surface area (Å²) in [7, 11) is 0. The third-order valence-corrected chi connectivity index (χ3v) is 5.28. The van der Waals surface area contributed by atoms with Gasteiger partial charge in [-0.1, -0.05) is 90.1 Å². The third-order valence-electron chi connectivity index (χ3n) is 5.28. The first-order chi connectivity index (χ1) is 11.1. The molecule has 24 heavy (non-hydrogen) atoms. The van der Waals surface area contributed by atoms with Crippen molar-refractivity contribution in [3.63, 3.8) is 0 Å². The molecule has 1 aliphatic rings. The Bertz CT molecular complexity index is 706. The molecular formula is C23H28O. The van der Waals surface area contributed by atoms with E-state index < -0.39 is 0 Å². The predicted octanol–water partition coefficient (Wildman–Crippen LogP) is 6.19. The molecule has 0 saturated heterocycles. The third kappa shape index (κ3) is 2.70. The smallest absolute Gasteiger partial charge is 0.193 e. The number of hydrogen-bond acceptors (Lipinski definition) is 1. The van der Waals surface area contributed by atoms with Crippen LogP contribution < -0.4 is 0 Å². The Morgan fingerprint density at radius 3 is 1.29 bits per heavy atom. The summed E-state index contributed by atoms with van der Waals surface area (Å²) in [5, 5.41) is 0. The van der Waals surface area contributed by atoms with E-state index in [1.807, 2.05) is 24.3 Å². The lowest BCUT2D eigenvalue weighted by Gasteiger charge is -2.44. The lowest BCUT2D eigenvalue weighted by Crippen LogP contribution is -2.32. The van der Waals surface area contributed by atoms with Crippen LogP contribution in [0.2, 0.25) is 0 Å². The number of benzene rings is 2. The van der Waals surface area contributed by atoms with Crippen molar-refractivity contribution >= 4 is 5.78 Å². The van der Waals surface area contributed by atoms with Crippen molar-refractivity contribution in [1.82, 2.24) is 0 Å². The normalized spacial score (nSPS) is 21.0. The first kappa shape index (κ1) is 17.0. The molecule has 1 heteroatoms. The summed E-state index contributed by atoms with van der Waals surface area (Å²) in [5.41, 5.74) is 4.27. The minimum atomic E-state index is 0.0613. The number of carbonyl (C=O) groups excluding carboxylic acids is 1. The molecule has 1 nitrogen and oxygen atoms in total. The fraction of sp³-hybridized carbons (Fsp3) is 0.435. The topological polar surface area (TPSA) is 17.1 Å². The van der Waals surface area contributed by atoms with Gasteiger partial charge in [0.2, 0.25) is 0 Å². The fourth-order valence-corrected chi connectivity index (χ4v) is 4.39. The molecule has 3 rings (SSSR count). The second kappa shape index (κ2) is 5.58. The molecule has 2 aromatic rings. The lowest BCUT2D eigenvalue weighted by atomic mass is 9.60. The number of rotatable bonds is 0. The van der Waals surface area contributed by atoms with Crippen LogP contribution in [0.3, 0.4) is 0 Å². The van der Waals surface area contributed by atoms with Crippen LogP contribution in [0.4, 0.5) is 0 Å². The fourth-order valence-electron chi connectivity index (χ4n) is 4.39. The van der Waals surface area contributed by atoms with Crippen molar-refractivity contribution in [1.29, 1.82) is 0 Å². The molecule has 0 saturated carbocycles. The maximum absolute atomic E-state index is 13.3. The van der Waals surface area contributed by atoms with Crippen molar-refractivity contribution in [2.45, 2.75) is 53.4 Å². The lowest BCUT2D eigenvalue weighted by molar-refractivity contribution is 0.103. The largest absolute Gasteiger partial charge is 0.289 e. The van der Waals surface area contributed by atoms with Gasteiger partial charge in [-0.15, -0.1) is 0 Å². The second-order valence-electron chi connectivity index (χ2n) is 9.19. The van der Waals surface area contributed by atoms with Crippen LogP contribution in [-0.2, 0) is 0 Å². The van der Waals surface area contributed by atoms with Gasteiger partial charge in [-0.25, -0.2) is 0 Å². The Kier molecular flexibility index (Phi) is 3.94. The van der Waals surface area contributed by atoms with Crippen LogP contribution >= 0.6 is 0 Å². The van der Waals surface area contributed by atoms with E-state index in [9.17, 15) is 4.79 Å². The Balaban J connectivity index is 2.42. The highest BCUT2D eigenvalue weighted by molar-refractivity contribution is 6.11. The Morgan fingerprint density at radius 1 is 0.625 bits per heavy atom. The minimum absolute atomic E-state index is 0.0613. The van der Waals surface area contributed by atoms with Gasteiger partial charge in [-0.05, 0) is 33.8 Å². The minimum Gasteiger partial charge on any atom is -0.289 e. The monoisotopic (exact) mass is 320 g/mol. The van der Waals surface area contributed by atoms with E-state index in [1.54, 1.807) is 0 Å². The standard InChI is InChI=1S/C23H28O/c1-22(2,3)19-15-11-7-9-13-17(15)21(24)18-14-10-8-12-16(18)20(19)23(4,5)6/h7-14,19-20H,1-6H3. The van der Waals surface area contributed by atoms with Crippen molar-refractivity contribution in [2.75, 3.05) is 0 Å². The van der Waals surface area contributed by atoms with E-state index in [1.165, 1.54) is 11.1 Å². The van der Waals surface area contributed by atoms with Gasteiger partial charge in [-0.2, -0.15) is 0 Å². The van der Waals surface area contributed by atoms with Gasteiger partial charge in [0.15, 0.2) is 5.78 Å². The van der Waals surface area contributed by atoms with Crippen molar-refractivity contribution in [3.05, 3.63) is 70.8 Å². The summed E-state index contributed by atoms with van der Waals surface area (Å²) < 4.78 is 0. The quantitative estimate of drug-likeness (QED) is 0.565. The molecule has 2 atom stereocenters. The first-order valence-electron chi connectivity index (χ1n) is 8.85. The van der Waals surface area contributed by atoms with Crippen LogP contribution in [0.15, 0.2) is 48.5 Å². The second-order valence-corrected chi connectivity index (χ2v) is 9.19. The Hall–Kier alpha value is -1.89. The zero-order valence-corrected chi connectivity index (χ0v) is 15.7. The molecule has 0 amide bonds. The summed E-state index contributed by atoms with van der Waals surface area (Å²) >= 11 is 0. The number of carbonyl (C=O) groups is 1. The van der Waals surface area contributed by atoms with E-state index in [2.05, 4.69) is 65.8 Å². The molecule has 0 N–H and O–H groups in total. The summed E-state index contributed by atoms with van der Waals surface area (Å²) in [5.74, 6) is 0.754. The summed E-state index contributed by atoms with van der Waals surface area (Å²) in [6.07, 6.45) is 0. The molecule has 0 spiro atoms. The van der Waals surface area contributed by atoms with E-state index in [0.717, 1.165) is 11.1 Å². The molecule has 0 fully saturated rings. The van der Waals surface area contributed by atoms with Crippen LogP contribution in [0, 0.1) is 10.8 Å². The highest BCUT2D eigenvalue weighted by Crippen LogP contribution is 2.55. The molecule has 0 aliphatic heterocycles. The van der Waals surface area contributed by atoms with Crippen LogP contribution in [0.5, 0.6) is 0 Å². The molecule has 2 unspecified atom stereocenters. The zero-order chi connectivity index (χ0) is 17.7. The molecular weight excluding hydrogens is 292 g/mol. The average molecular weight is 320 g/mol. The number of fused-ring (bicyclic) bond motifs is 2. The van der Waals surface area contributed by atoms with Crippen LogP contribution in [0.1, 0.15) is 80.4 Å². The Morgan fingerprint density at radius 2 is 0.958 bits per heavy atom. The average Bonchev–Trinajstić information content (AvgIpc) is 2.60. The molecule has 2 aromatic carbocycles. The van der Waals surface area contributed by atoms with Crippen molar-refractivity contribution in [3.8, 4) is 0 Å². The molecule has 0 bridgehead atoms. The van der Waals surface area contributed by atoms with E-state index in [4.69, 9.17) is 0 Å². The maximum Gasteiger partial charge on any atom is 0.193 e. The van der Waals surface area contributed by atoms with Crippen LogP contribution in [-0.4, -0.2) is 5.78 Å². The van der Waals surface area contributed by atoms with Gasteiger partial charge < -0.3 is 0 Å². The predicted molar refractivity (Wildman–Crippen MR) is 101 cm³/mol. The molecule has 0 heterocycles. The highest BCUT2D eigenvalue weighted by Gasteiger charge is 2.45. The van der Waals surface area contributed by atoms with E-state index in [0.29, 0.717) is 11.8 Å². The maximum atomic E-state index is 13.3. The SMILES string of the molecule is CC(C)(C)C1c2ccccc2C(=O)c2ccccc2C1C(C)(C)C. The van der Waals surface area contributed by atoms with Gasteiger partial charge >= 0.3 is 0 Å². The number of hydrogen-bond donors (Lipinski definition) is 0. The van der Waals surface area contributed by atoms with Gasteiger partial charge in [0.1, 0.15) is 0 Å². The Labute approximate surface area is 146 Å². The van der Waals surface area contributed by atoms with Gasteiger partial charge in [-0.3, -0.25) is 4.79 Å². The van der Waals surface area contributed by atoms with Gasteiger partial charge in [0, 0.05) is 11.1 Å². The van der Waals surface area contributed by atoms with Crippen molar-refractivity contribution in [2.24, 2.45) is 10.8 Å². The molecule has 0 aromatic heterocycles. The van der Waals surface area contributed by atoms with E-state index in [-0.39, 0.29) is 16.6 Å². The highest BCUT2D eigenvalue weighted by atomic mass is 16.1. The summed E-state index contributed by atoms with van der Waals surface area (Å²) in [6.45, 7) is 13.8. The van der Waals surface area contributed by atoms with Crippen molar-refractivity contribution < 1.29 is 4.79 Å². The van der Waals surface area contributed by atoms with Gasteiger partial charge in [0.25, 0.3) is 0 Å². The van der Waals surface area contributed by atoms with Crippen LogP contribution in [0.25, 0.3) is 0 Å². The zero-order valence-electron chi connectivity index (χ0n) is 15.7. The summed E-state index contributed by atoms with van der Waals surface area (Å²) in [6, 6.07) is 16.4. The molecule has 0 radical (unpaired) electrons. The molecule has 126 valence electrons. The van der Waals surface area contributed by atoms with E-state index >= 15 is 0 Å². The molecule has 1 aliphatic carbocycles.